The summed E-state index contributed by atoms with van der Waals surface area (Å²) in [5.74, 6) is 3.16. The van der Waals surface area contributed by atoms with Gasteiger partial charge in [0.25, 0.3) is 5.91 Å². The van der Waals surface area contributed by atoms with Crippen molar-refractivity contribution < 1.29 is 14.3 Å². The fourth-order valence-electron chi connectivity index (χ4n) is 4.26. The molecule has 0 aromatic heterocycles. The first kappa shape index (κ1) is 14.9. The first-order valence-corrected chi connectivity index (χ1v) is 9.00. The van der Waals surface area contributed by atoms with Crippen LogP contribution in [0.5, 0.6) is 11.5 Å². The van der Waals surface area contributed by atoms with Crippen molar-refractivity contribution in [2.45, 2.75) is 38.5 Å². The van der Waals surface area contributed by atoms with Crippen molar-refractivity contribution in [3.63, 3.8) is 0 Å². The Morgan fingerprint density at radius 1 is 0.957 bits per heavy atom. The Kier molecular flexibility index (Phi) is 4.15. The van der Waals surface area contributed by atoms with E-state index in [0.29, 0.717) is 24.9 Å². The lowest BCUT2D eigenvalue weighted by molar-refractivity contribution is 0.0520. The SMILES string of the molecule is O=C(c1ccc2c(c1)OCCCO2)N1CC[C@H]2CCCC[C@H]2C1. The molecule has 0 radical (unpaired) electrons. The lowest BCUT2D eigenvalue weighted by atomic mass is 9.75. The average molecular weight is 315 g/mol. The minimum atomic E-state index is 0.143. The van der Waals surface area contributed by atoms with Crippen LogP contribution in [0.25, 0.3) is 0 Å². The molecular formula is C19H25NO3. The lowest BCUT2D eigenvalue weighted by Gasteiger charge is -2.41. The molecule has 2 heterocycles. The lowest BCUT2D eigenvalue weighted by Crippen LogP contribution is -2.44. The maximum Gasteiger partial charge on any atom is 0.254 e. The maximum atomic E-state index is 12.9. The zero-order valence-electron chi connectivity index (χ0n) is 13.6. The summed E-state index contributed by atoms with van der Waals surface area (Å²) in [5.41, 5.74) is 0.725. The second-order valence-corrected chi connectivity index (χ2v) is 7.06. The summed E-state index contributed by atoms with van der Waals surface area (Å²) in [5, 5.41) is 0. The monoisotopic (exact) mass is 315 g/mol. The predicted octanol–water partition coefficient (Wildman–Crippen LogP) is 3.50. The van der Waals surface area contributed by atoms with Crippen LogP contribution < -0.4 is 9.47 Å². The van der Waals surface area contributed by atoms with Crippen LogP contribution in [0.4, 0.5) is 0 Å². The van der Waals surface area contributed by atoms with Gasteiger partial charge >= 0.3 is 0 Å². The molecule has 3 aliphatic rings. The van der Waals surface area contributed by atoms with E-state index in [-0.39, 0.29) is 5.91 Å². The number of nitrogens with zero attached hydrogens (tertiary/aromatic N) is 1. The molecule has 1 amide bonds. The molecule has 1 saturated carbocycles. The summed E-state index contributed by atoms with van der Waals surface area (Å²) in [7, 11) is 0. The first-order valence-electron chi connectivity index (χ1n) is 9.00. The summed E-state index contributed by atoms with van der Waals surface area (Å²) in [6.07, 6.45) is 7.39. The zero-order chi connectivity index (χ0) is 15.6. The number of ether oxygens (including phenoxy) is 2. The number of hydrogen-bond donors (Lipinski definition) is 0. The quantitative estimate of drug-likeness (QED) is 0.796. The molecule has 0 N–H and O–H groups in total. The van der Waals surface area contributed by atoms with Crippen molar-refractivity contribution in [2.24, 2.45) is 11.8 Å². The molecule has 0 unspecified atom stereocenters. The highest BCUT2D eigenvalue weighted by atomic mass is 16.5. The molecular weight excluding hydrogens is 290 g/mol. The van der Waals surface area contributed by atoms with Gasteiger partial charge in [0.1, 0.15) is 0 Å². The summed E-state index contributed by atoms with van der Waals surface area (Å²) in [4.78, 5) is 14.9. The van der Waals surface area contributed by atoms with Crippen LogP contribution in [-0.2, 0) is 0 Å². The number of carbonyl (C=O) groups is 1. The van der Waals surface area contributed by atoms with Crippen molar-refractivity contribution in [1.82, 2.24) is 4.90 Å². The number of carbonyl (C=O) groups excluding carboxylic acids is 1. The fourth-order valence-corrected chi connectivity index (χ4v) is 4.26. The van der Waals surface area contributed by atoms with E-state index in [4.69, 9.17) is 9.47 Å². The minimum absolute atomic E-state index is 0.143. The third-order valence-electron chi connectivity index (χ3n) is 5.57. The van der Waals surface area contributed by atoms with E-state index in [0.717, 1.165) is 36.7 Å². The van der Waals surface area contributed by atoms with Crippen LogP contribution in [-0.4, -0.2) is 37.1 Å². The standard InChI is InChI=1S/C19H25NO3/c21-19(20-9-8-14-4-1-2-5-16(14)13-20)15-6-7-17-18(12-15)23-11-3-10-22-17/h6-7,12,14,16H,1-5,8-11,13H2/t14-,16+/m1/s1. The van der Waals surface area contributed by atoms with Crippen molar-refractivity contribution in [1.29, 1.82) is 0 Å². The summed E-state index contributed by atoms with van der Waals surface area (Å²) in [6, 6.07) is 5.61. The molecule has 4 heteroatoms. The van der Waals surface area contributed by atoms with Gasteiger partial charge in [-0.2, -0.15) is 0 Å². The third-order valence-corrected chi connectivity index (χ3v) is 5.57. The Bertz CT molecular complexity index is 586. The highest BCUT2D eigenvalue weighted by Gasteiger charge is 2.33. The number of rotatable bonds is 1. The molecule has 4 rings (SSSR count). The Morgan fingerprint density at radius 2 is 1.74 bits per heavy atom. The van der Waals surface area contributed by atoms with Gasteiger partial charge in [-0.15, -0.1) is 0 Å². The highest BCUT2D eigenvalue weighted by Crippen LogP contribution is 2.37. The van der Waals surface area contributed by atoms with E-state index in [1.54, 1.807) is 0 Å². The third kappa shape index (κ3) is 3.04. The van der Waals surface area contributed by atoms with Gasteiger partial charge in [-0.1, -0.05) is 19.3 Å². The molecule has 0 bridgehead atoms. The predicted molar refractivity (Wildman–Crippen MR) is 88.0 cm³/mol. The van der Waals surface area contributed by atoms with Crippen molar-refractivity contribution in [3.8, 4) is 11.5 Å². The zero-order valence-corrected chi connectivity index (χ0v) is 13.6. The topological polar surface area (TPSA) is 38.8 Å². The van der Waals surface area contributed by atoms with Crippen LogP contribution in [0.3, 0.4) is 0 Å². The van der Waals surface area contributed by atoms with Crippen LogP contribution in [0.2, 0.25) is 0 Å². The number of fused-ring (bicyclic) bond motifs is 2. The average Bonchev–Trinajstić information content (AvgIpc) is 2.85. The molecule has 0 spiro atoms. The van der Waals surface area contributed by atoms with E-state index < -0.39 is 0 Å². The van der Waals surface area contributed by atoms with E-state index in [2.05, 4.69) is 0 Å². The molecule has 4 nitrogen and oxygen atoms in total. The van der Waals surface area contributed by atoms with Crippen molar-refractivity contribution >= 4 is 5.91 Å². The highest BCUT2D eigenvalue weighted by molar-refractivity contribution is 5.95. The number of hydrogen-bond acceptors (Lipinski definition) is 3. The van der Waals surface area contributed by atoms with Gasteiger partial charge in [0.15, 0.2) is 11.5 Å². The Labute approximate surface area is 137 Å². The smallest absolute Gasteiger partial charge is 0.254 e. The van der Waals surface area contributed by atoms with Crippen LogP contribution in [0.15, 0.2) is 18.2 Å². The van der Waals surface area contributed by atoms with Gasteiger partial charge in [0.2, 0.25) is 0 Å². The second-order valence-electron chi connectivity index (χ2n) is 7.06. The molecule has 1 aromatic carbocycles. The molecule has 1 aliphatic carbocycles. The number of benzene rings is 1. The molecule has 2 fully saturated rings. The first-order chi connectivity index (χ1) is 11.3. The van der Waals surface area contributed by atoms with Gasteiger partial charge in [-0.3, -0.25) is 4.79 Å². The number of piperidine rings is 1. The van der Waals surface area contributed by atoms with Crippen LogP contribution in [0, 0.1) is 11.8 Å². The van der Waals surface area contributed by atoms with E-state index in [1.165, 1.54) is 32.1 Å². The molecule has 124 valence electrons. The van der Waals surface area contributed by atoms with Crippen LogP contribution in [0.1, 0.15) is 48.9 Å². The van der Waals surface area contributed by atoms with Gasteiger partial charge in [0, 0.05) is 25.1 Å². The molecule has 1 aromatic rings. The molecule has 1 saturated heterocycles. The van der Waals surface area contributed by atoms with Gasteiger partial charge in [0.05, 0.1) is 13.2 Å². The van der Waals surface area contributed by atoms with Gasteiger partial charge in [-0.25, -0.2) is 0 Å². The minimum Gasteiger partial charge on any atom is -0.490 e. The molecule has 2 aliphatic heterocycles. The van der Waals surface area contributed by atoms with Crippen molar-refractivity contribution in [2.75, 3.05) is 26.3 Å². The Balaban J connectivity index is 1.49. The number of amides is 1. The molecule has 23 heavy (non-hydrogen) atoms. The largest absolute Gasteiger partial charge is 0.490 e. The van der Waals surface area contributed by atoms with E-state index in [9.17, 15) is 4.79 Å². The second kappa shape index (κ2) is 6.42. The normalized spacial score (nSPS) is 27.0. The Hall–Kier alpha value is -1.71. The van der Waals surface area contributed by atoms with E-state index in [1.807, 2.05) is 23.1 Å². The summed E-state index contributed by atoms with van der Waals surface area (Å²) < 4.78 is 11.4. The van der Waals surface area contributed by atoms with Gasteiger partial charge < -0.3 is 14.4 Å². The summed E-state index contributed by atoms with van der Waals surface area (Å²) in [6.45, 7) is 3.15. The Morgan fingerprint density at radius 3 is 2.61 bits per heavy atom. The summed E-state index contributed by atoms with van der Waals surface area (Å²) >= 11 is 0. The number of likely N-dealkylation sites (tertiary alicyclic amines) is 1. The van der Waals surface area contributed by atoms with Gasteiger partial charge in [-0.05, 0) is 42.9 Å². The fraction of sp³-hybridized carbons (Fsp3) is 0.632. The van der Waals surface area contributed by atoms with Crippen molar-refractivity contribution in [3.05, 3.63) is 23.8 Å². The molecule has 2 atom stereocenters. The van der Waals surface area contributed by atoms with E-state index >= 15 is 0 Å². The maximum absolute atomic E-state index is 12.9. The van der Waals surface area contributed by atoms with Crippen LogP contribution >= 0.6 is 0 Å².